The molecule has 3 N–H and O–H groups in total. The van der Waals surface area contributed by atoms with Crippen LogP contribution in [0.2, 0.25) is 0 Å². The van der Waals surface area contributed by atoms with Crippen LogP contribution in [0.1, 0.15) is 27.2 Å². The number of ether oxygens (including phenoxy) is 1. The topological polar surface area (TPSA) is 101 Å². The van der Waals surface area contributed by atoms with Gasteiger partial charge >= 0.3 is 0 Å². The number of fused-ring (bicyclic) bond motifs is 1. The van der Waals surface area contributed by atoms with Crippen molar-refractivity contribution in [3.05, 3.63) is 12.5 Å². The Kier molecular flexibility index (Phi) is 8.25. The molecule has 9 nitrogen and oxygen atoms in total. The van der Waals surface area contributed by atoms with Crippen LogP contribution < -0.4 is 16.0 Å². The fourth-order valence-corrected chi connectivity index (χ4v) is 2.84. The van der Waals surface area contributed by atoms with Crippen molar-refractivity contribution in [3.8, 4) is 0 Å². The van der Waals surface area contributed by atoms with Crippen LogP contribution in [0.4, 0.5) is 5.82 Å². The first-order chi connectivity index (χ1) is 13.1. The van der Waals surface area contributed by atoms with Gasteiger partial charge in [-0.3, -0.25) is 9.67 Å². The Hall–Kier alpha value is -2.42. The number of aromatic nitrogens is 4. The minimum Gasteiger partial charge on any atom is -0.378 e. The molecule has 0 aliphatic carbocycles. The molecule has 1 unspecified atom stereocenters. The summed E-state index contributed by atoms with van der Waals surface area (Å²) in [5.74, 6) is 2.07. The molecule has 2 aromatic rings. The van der Waals surface area contributed by atoms with Gasteiger partial charge in [0.1, 0.15) is 12.1 Å². The van der Waals surface area contributed by atoms with Crippen molar-refractivity contribution in [2.45, 2.75) is 33.3 Å². The highest BCUT2D eigenvalue weighted by Gasteiger charge is 2.13. The highest BCUT2D eigenvalue weighted by Crippen LogP contribution is 2.17. The van der Waals surface area contributed by atoms with Crippen molar-refractivity contribution in [1.29, 1.82) is 0 Å². The summed E-state index contributed by atoms with van der Waals surface area (Å²) in [5, 5.41) is 15.1. The Morgan fingerprint density at radius 2 is 2.00 bits per heavy atom. The molecule has 0 fully saturated rings. The van der Waals surface area contributed by atoms with E-state index >= 15 is 0 Å². The lowest BCUT2D eigenvalue weighted by Crippen LogP contribution is -2.41. The van der Waals surface area contributed by atoms with E-state index in [4.69, 9.17) is 4.74 Å². The highest BCUT2D eigenvalue weighted by molar-refractivity contribution is 5.86. The lowest BCUT2D eigenvalue weighted by molar-refractivity contribution is 0.0258. The number of rotatable bonds is 10. The van der Waals surface area contributed by atoms with Gasteiger partial charge in [0.25, 0.3) is 0 Å². The molecule has 0 saturated carbocycles. The molecule has 0 amide bonds. The quantitative estimate of drug-likeness (QED) is 0.327. The summed E-state index contributed by atoms with van der Waals surface area (Å²) in [6.07, 6.45) is 4.53. The molecule has 2 aromatic heterocycles. The minimum absolute atomic E-state index is 0.266. The van der Waals surface area contributed by atoms with Gasteiger partial charge in [-0.05, 0) is 19.3 Å². The fourth-order valence-electron chi connectivity index (χ4n) is 2.84. The number of aryl methyl sites for hydroxylation is 1. The third-order valence-corrected chi connectivity index (χ3v) is 4.31. The average molecular weight is 377 g/mol. The van der Waals surface area contributed by atoms with E-state index in [1.807, 2.05) is 14.0 Å². The molecule has 0 saturated heterocycles. The number of guanidine groups is 1. The van der Waals surface area contributed by atoms with Gasteiger partial charge < -0.3 is 20.7 Å². The van der Waals surface area contributed by atoms with Gasteiger partial charge in [0, 0.05) is 40.3 Å². The Morgan fingerprint density at radius 1 is 1.22 bits per heavy atom. The minimum atomic E-state index is 0.266. The van der Waals surface area contributed by atoms with Crippen LogP contribution in [0.15, 0.2) is 17.5 Å². The van der Waals surface area contributed by atoms with Crippen molar-refractivity contribution >= 4 is 22.8 Å². The van der Waals surface area contributed by atoms with Crippen LogP contribution in [0.25, 0.3) is 11.0 Å². The Labute approximate surface area is 161 Å². The largest absolute Gasteiger partial charge is 0.378 e. The molecule has 0 aliphatic rings. The lowest BCUT2D eigenvalue weighted by atomic mass is 10.0. The van der Waals surface area contributed by atoms with E-state index in [0.717, 1.165) is 42.4 Å². The van der Waals surface area contributed by atoms with Gasteiger partial charge in [-0.25, -0.2) is 9.97 Å². The van der Waals surface area contributed by atoms with E-state index in [2.05, 4.69) is 49.9 Å². The second-order valence-corrected chi connectivity index (χ2v) is 6.61. The molecule has 0 spiro atoms. The average Bonchev–Trinajstić information content (AvgIpc) is 3.04. The van der Waals surface area contributed by atoms with Crippen LogP contribution in [-0.4, -0.2) is 65.1 Å². The third kappa shape index (κ3) is 6.06. The molecule has 0 bridgehead atoms. The Balaban J connectivity index is 1.73. The predicted octanol–water partition coefficient (Wildman–Crippen LogP) is 1.39. The summed E-state index contributed by atoms with van der Waals surface area (Å²) in [6, 6.07) is 0. The van der Waals surface area contributed by atoms with Gasteiger partial charge in [-0.1, -0.05) is 13.8 Å². The first-order valence-electron chi connectivity index (χ1n) is 9.49. The van der Waals surface area contributed by atoms with Gasteiger partial charge in [0.15, 0.2) is 11.6 Å². The van der Waals surface area contributed by atoms with Crippen molar-refractivity contribution in [2.75, 3.05) is 38.6 Å². The number of nitrogens with zero attached hydrogens (tertiary/aromatic N) is 5. The van der Waals surface area contributed by atoms with Gasteiger partial charge in [-0.2, -0.15) is 5.10 Å². The van der Waals surface area contributed by atoms with Gasteiger partial charge in [0.05, 0.1) is 17.7 Å². The van der Waals surface area contributed by atoms with Crippen LogP contribution in [0.3, 0.4) is 0 Å². The number of anilines is 1. The summed E-state index contributed by atoms with van der Waals surface area (Å²) in [7, 11) is 3.64. The van der Waals surface area contributed by atoms with Crippen LogP contribution >= 0.6 is 0 Å². The van der Waals surface area contributed by atoms with E-state index in [1.54, 1.807) is 24.3 Å². The molecule has 2 rings (SSSR count). The van der Waals surface area contributed by atoms with Crippen molar-refractivity contribution in [3.63, 3.8) is 0 Å². The number of hydrogen-bond acceptors (Lipinski definition) is 6. The number of hydrogen-bond donors (Lipinski definition) is 3. The Bertz CT molecular complexity index is 727. The molecular weight excluding hydrogens is 344 g/mol. The van der Waals surface area contributed by atoms with Crippen molar-refractivity contribution < 1.29 is 4.74 Å². The second-order valence-electron chi connectivity index (χ2n) is 6.61. The van der Waals surface area contributed by atoms with Crippen LogP contribution in [0, 0.1) is 5.92 Å². The SMILES string of the molecule is CCOC(CCNC(=NC)NCCNc1ncnc2c1cnn2C)C(C)C. The van der Waals surface area contributed by atoms with Crippen molar-refractivity contribution in [1.82, 2.24) is 30.4 Å². The lowest BCUT2D eigenvalue weighted by Gasteiger charge is -2.21. The molecular formula is C18H32N8O. The normalized spacial score (nSPS) is 13.2. The third-order valence-electron chi connectivity index (χ3n) is 4.31. The van der Waals surface area contributed by atoms with E-state index in [1.165, 1.54) is 0 Å². The fraction of sp³-hybridized carbons (Fsp3) is 0.667. The molecule has 0 radical (unpaired) electrons. The first-order valence-corrected chi connectivity index (χ1v) is 9.49. The first kappa shape index (κ1) is 20.9. The molecule has 27 heavy (non-hydrogen) atoms. The summed E-state index contributed by atoms with van der Waals surface area (Å²) >= 11 is 0. The van der Waals surface area contributed by atoms with E-state index in [-0.39, 0.29) is 6.10 Å². The molecule has 1 atom stereocenters. The highest BCUT2D eigenvalue weighted by atomic mass is 16.5. The maximum Gasteiger partial charge on any atom is 0.191 e. The maximum absolute atomic E-state index is 5.77. The number of nitrogens with one attached hydrogen (secondary N) is 3. The van der Waals surface area contributed by atoms with E-state index in [9.17, 15) is 0 Å². The standard InChI is InChI=1S/C18H32N8O/c1-6-27-15(13(2)3)7-8-21-18(19-4)22-10-9-20-16-14-11-25-26(5)17(14)24-12-23-16/h11-13,15H,6-10H2,1-5H3,(H2,19,21,22)(H,20,23,24). The zero-order valence-electron chi connectivity index (χ0n) is 17.0. The monoisotopic (exact) mass is 376 g/mol. The summed E-state index contributed by atoms with van der Waals surface area (Å²) in [5.41, 5.74) is 0.812. The van der Waals surface area contributed by atoms with Gasteiger partial charge in [-0.15, -0.1) is 0 Å². The molecule has 0 aromatic carbocycles. The Morgan fingerprint density at radius 3 is 2.70 bits per heavy atom. The zero-order chi connectivity index (χ0) is 19.6. The summed E-state index contributed by atoms with van der Waals surface area (Å²) in [4.78, 5) is 12.8. The zero-order valence-corrected chi connectivity index (χ0v) is 17.0. The van der Waals surface area contributed by atoms with Crippen LogP contribution in [0.5, 0.6) is 0 Å². The van der Waals surface area contributed by atoms with E-state index in [0.29, 0.717) is 19.0 Å². The maximum atomic E-state index is 5.77. The van der Waals surface area contributed by atoms with Crippen LogP contribution in [-0.2, 0) is 11.8 Å². The van der Waals surface area contributed by atoms with E-state index < -0.39 is 0 Å². The summed E-state index contributed by atoms with van der Waals surface area (Å²) in [6.45, 7) is 9.39. The molecule has 150 valence electrons. The van der Waals surface area contributed by atoms with Crippen molar-refractivity contribution in [2.24, 2.45) is 18.0 Å². The molecule has 9 heteroatoms. The summed E-state index contributed by atoms with van der Waals surface area (Å²) < 4.78 is 7.51. The molecule has 2 heterocycles. The number of aliphatic imine (C=N–C) groups is 1. The second kappa shape index (κ2) is 10.7. The smallest absolute Gasteiger partial charge is 0.191 e. The predicted molar refractivity (Wildman–Crippen MR) is 109 cm³/mol. The van der Waals surface area contributed by atoms with Gasteiger partial charge in [0.2, 0.25) is 0 Å². The molecule has 0 aliphatic heterocycles.